The van der Waals surface area contributed by atoms with E-state index < -0.39 is 5.97 Å². The Hall–Kier alpha value is -4.13. The van der Waals surface area contributed by atoms with E-state index in [0.29, 0.717) is 23.4 Å². The molecule has 0 saturated carbocycles. The van der Waals surface area contributed by atoms with Gasteiger partial charge in [0.05, 0.1) is 24.1 Å². The van der Waals surface area contributed by atoms with E-state index in [-0.39, 0.29) is 18.9 Å². The number of amides is 1. The Morgan fingerprint density at radius 1 is 1.03 bits per heavy atom. The molecule has 0 radical (unpaired) electrons. The van der Waals surface area contributed by atoms with Crippen LogP contribution in [0.3, 0.4) is 0 Å². The number of fused-ring (bicyclic) bond motifs is 1. The maximum Gasteiger partial charge on any atom is 0.340 e. The zero-order valence-corrected chi connectivity index (χ0v) is 18.6. The molecule has 0 aliphatic rings. The highest BCUT2D eigenvalue weighted by molar-refractivity contribution is 6.01. The minimum atomic E-state index is -0.519. The summed E-state index contributed by atoms with van der Waals surface area (Å²) in [4.78, 5) is 29.7. The van der Waals surface area contributed by atoms with Gasteiger partial charge >= 0.3 is 5.97 Å². The molecule has 0 aliphatic heterocycles. The summed E-state index contributed by atoms with van der Waals surface area (Å²) in [5, 5.41) is 2.83. The summed E-state index contributed by atoms with van der Waals surface area (Å²) in [5.74, 6) is 0.0751. The highest BCUT2D eigenvalue weighted by Crippen LogP contribution is 2.19. The third-order valence-corrected chi connectivity index (χ3v) is 5.30. The number of benzene rings is 2. The van der Waals surface area contributed by atoms with Gasteiger partial charge in [0.25, 0.3) is 0 Å². The topological polar surface area (TPSA) is 81.9 Å². The number of para-hydroxylation sites is 1. The Balaban J connectivity index is 1.36. The van der Waals surface area contributed by atoms with Gasteiger partial charge in [0, 0.05) is 18.8 Å². The lowest BCUT2D eigenvalue weighted by molar-refractivity contribution is -0.116. The predicted octanol–water partition coefficient (Wildman–Crippen LogP) is 4.58. The Kier molecular flexibility index (Phi) is 6.69. The normalized spacial score (nSPS) is 10.7. The summed E-state index contributed by atoms with van der Waals surface area (Å²) >= 11 is 0. The van der Waals surface area contributed by atoms with Gasteiger partial charge in [0.2, 0.25) is 5.91 Å². The average Bonchev–Trinajstić information content (AvgIpc) is 3.26. The molecule has 2 heterocycles. The lowest BCUT2D eigenvalue weighted by Gasteiger charge is -2.11. The molecule has 2 aromatic carbocycles. The molecule has 7 heteroatoms. The number of hydrogen-bond acceptors (Lipinski definition) is 5. The van der Waals surface area contributed by atoms with E-state index in [0.717, 1.165) is 22.5 Å². The van der Waals surface area contributed by atoms with Crippen LogP contribution in [0.1, 0.15) is 33.6 Å². The predicted molar refractivity (Wildman–Crippen MR) is 125 cm³/mol. The fraction of sp³-hybridized carbons (Fsp3) is 0.192. The van der Waals surface area contributed by atoms with Crippen LogP contribution in [-0.4, -0.2) is 28.4 Å². The van der Waals surface area contributed by atoms with Crippen molar-refractivity contribution in [1.29, 1.82) is 0 Å². The Bertz CT molecular complexity index is 1280. The van der Waals surface area contributed by atoms with E-state index in [9.17, 15) is 9.59 Å². The van der Waals surface area contributed by atoms with Gasteiger partial charge in [-0.15, -0.1) is 0 Å². The molecule has 7 nitrogen and oxygen atoms in total. The molecule has 4 aromatic rings. The first-order valence-corrected chi connectivity index (χ1v) is 10.7. The van der Waals surface area contributed by atoms with Crippen LogP contribution in [0.15, 0.2) is 73.1 Å². The highest BCUT2D eigenvalue weighted by atomic mass is 16.5. The smallest absolute Gasteiger partial charge is 0.340 e. The molecule has 0 unspecified atom stereocenters. The molecule has 1 amide bonds. The standard InChI is InChI=1S/C26H25N3O4/c1-18-6-5-15-29-16-20(27-25(18)29)17-33-26(31)22-7-3-4-8-23(22)28-24(30)14-11-19-9-12-21(32-2)13-10-19/h3-10,12-13,15-16H,11,14,17H2,1-2H3,(H,28,30). The number of anilines is 1. The Labute approximate surface area is 192 Å². The van der Waals surface area contributed by atoms with E-state index in [2.05, 4.69) is 10.3 Å². The van der Waals surface area contributed by atoms with Crippen molar-refractivity contribution in [3.05, 3.63) is 95.4 Å². The summed E-state index contributed by atoms with van der Waals surface area (Å²) in [5.41, 5.74) is 4.27. The largest absolute Gasteiger partial charge is 0.497 e. The van der Waals surface area contributed by atoms with E-state index in [4.69, 9.17) is 9.47 Å². The minimum Gasteiger partial charge on any atom is -0.497 e. The van der Waals surface area contributed by atoms with E-state index >= 15 is 0 Å². The fourth-order valence-corrected chi connectivity index (χ4v) is 3.52. The minimum absolute atomic E-state index is 0.0414. The second-order valence-corrected chi connectivity index (χ2v) is 7.67. The summed E-state index contributed by atoms with van der Waals surface area (Å²) in [7, 11) is 1.61. The number of pyridine rings is 1. The number of aryl methyl sites for hydroxylation is 2. The molecule has 0 saturated heterocycles. The van der Waals surface area contributed by atoms with Gasteiger partial charge in [0.1, 0.15) is 18.0 Å². The number of carbonyl (C=O) groups excluding carboxylic acids is 2. The number of esters is 1. The van der Waals surface area contributed by atoms with Crippen molar-refractivity contribution in [2.45, 2.75) is 26.4 Å². The van der Waals surface area contributed by atoms with Gasteiger partial charge in [0.15, 0.2) is 0 Å². The van der Waals surface area contributed by atoms with Crippen molar-refractivity contribution in [3.63, 3.8) is 0 Å². The maximum absolute atomic E-state index is 12.7. The molecule has 0 fully saturated rings. The zero-order chi connectivity index (χ0) is 23.2. The number of carbonyl (C=O) groups is 2. The van der Waals surface area contributed by atoms with Gasteiger partial charge < -0.3 is 19.2 Å². The average molecular weight is 444 g/mol. The van der Waals surface area contributed by atoms with Gasteiger partial charge in [-0.05, 0) is 54.8 Å². The summed E-state index contributed by atoms with van der Waals surface area (Å²) in [6.45, 7) is 2.02. The van der Waals surface area contributed by atoms with E-state index in [1.807, 2.05) is 60.1 Å². The van der Waals surface area contributed by atoms with Crippen LogP contribution < -0.4 is 10.1 Å². The molecule has 168 valence electrons. The second kappa shape index (κ2) is 9.99. The van der Waals surface area contributed by atoms with Crippen LogP contribution in [-0.2, 0) is 22.6 Å². The van der Waals surface area contributed by atoms with Crippen molar-refractivity contribution in [3.8, 4) is 5.75 Å². The molecule has 4 rings (SSSR count). The zero-order valence-electron chi connectivity index (χ0n) is 18.6. The Morgan fingerprint density at radius 2 is 1.82 bits per heavy atom. The second-order valence-electron chi connectivity index (χ2n) is 7.67. The summed E-state index contributed by atoms with van der Waals surface area (Å²) < 4.78 is 12.5. The van der Waals surface area contributed by atoms with Gasteiger partial charge in [-0.3, -0.25) is 4.79 Å². The summed E-state index contributed by atoms with van der Waals surface area (Å²) in [6, 6.07) is 18.3. The number of nitrogens with zero attached hydrogens (tertiary/aromatic N) is 2. The summed E-state index contributed by atoms with van der Waals surface area (Å²) in [6.07, 6.45) is 4.60. The van der Waals surface area contributed by atoms with Crippen LogP contribution >= 0.6 is 0 Å². The molecule has 2 aromatic heterocycles. The van der Waals surface area contributed by atoms with Gasteiger partial charge in [-0.2, -0.15) is 0 Å². The molecule has 1 N–H and O–H groups in total. The first-order chi connectivity index (χ1) is 16.0. The highest BCUT2D eigenvalue weighted by Gasteiger charge is 2.15. The molecular formula is C26H25N3O4. The lowest BCUT2D eigenvalue weighted by Crippen LogP contribution is -2.16. The third kappa shape index (κ3) is 5.38. The number of methoxy groups -OCH3 is 1. The SMILES string of the molecule is COc1ccc(CCC(=O)Nc2ccccc2C(=O)OCc2cn3cccc(C)c3n2)cc1. The molecule has 0 bridgehead atoms. The Morgan fingerprint density at radius 3 is 2.58 bits per heavy atom. The van der Waals surface area contributed by atoms with Gasteiger partial charge in [-0.25, -0.2) is 9.78 Å². The number of imidazole rings is 1. The number of ether oxygens (including phenoxy) is 2. The first kappa shape index (κ1) is 22.1. The van der Waals surface area contributed by atoms with E-state index in [1.165, 1.54) is 0 Å². The third-order valence-electron chi connectivity index (χ3n) is 5.30. The van der Waals surface area contributed by atoms with Crippen molar-refractivity contribution in [2.75, 3.05) is 12.4 Å². The van der Waals surface area contributed by atoms with E-state index in [1.54, 1.807) is 31.4 Å². The molecule has 0 atom stereocenters. The molecule has 0 spiro atoms. The number of nitrogens with one attached hydrogen (secondary N) is 1. The van der Waals surface area contributed by atoms with Gasteiger partial charge in [-0.1, -0.05) is 30.3 Å². The van der Waals surface area contributed by atoms with Crippen LogP contribution in [0.25, 0.3) is 5.65 Å². The number of aromatic nitrogens is 2. The van der Waals surface area contributed by atoms with Crippen LogP contribution in [0, 0.1) is 6.92 Å². The maximum atomic E-state index is 12.7. The number of hydrogen-bond donors (Lipinski definition) is 1. The van der Waals surface area contributed by atoms with Crippen molar-refractivity contribution >= 4 is 23.2 Å². The van der Waals surface area contributed by atoms with Crippen molar-refractivity contribution < 1.29 is 19.1 Å². The van der Waals surface area contributed by atoms with Crippen molar-refractivity contribution in [1.82, 2.24) is 9.38 Å². The molecule has 0 aliphatic carbocycles. The van der Waals surface area contributed by atoms with Crippen LogP contribution in [0.5, 0.6) is 5.75 Å². The monoisotopic (exact) mass is 443 g/mol. The fourth-order valence-electron chi connectivity index (χ4n) is 3.52. The molecule has 33 heavy (non-hydrogen) atoms. The first-order valence-electron chi connectivity index (χ1n) is 10.7. The molecular weight excluding hydrogens is 418 g/mol. The van der Waals surface area contributed by atoms with Crippen LogP contribution in [0.2, 0.25) is 0 Å². The van der Waals surface area contributed by atoms with Crippen LogP contribution in [0.4, 0.5) is 5.69 Å². The lowest BCUT2D eigenvalue weighted by atomic mass is 10.1. The number of rotatable bonds is 8. The quantitative estimate of drug-likeness (QED) is 0.403. The van der Waals surface area contributed by atoms with Crippen molar-refractivity contribution in [2.24, 2.45) is 0 Å².